The Kier molecular flexibility index (Phi) is 6.43. The quantitative estimate of drug-likeness (QED) is 0.578. The number of thioether (sulfide) groups is 1. The van der Waals surface area contributed by atoms with Gasteiger partial charge in [0.1, 0.15) is 0 Å². The van der Waals surface area contributed by atoms with E-state index in [9.17, 15) is 4.79 Å². The van der Waals surface area contributed by atoms with Crippen molar-refractivity contribution in [3.8, 4) is 0 Å². The maximum Gasteiger partial charge on any atom is 0.224 e. The molecule has 1 rings (SSSR count). The van der Waals surface area contributed by atoms with Crippen LogP contribution in [0.4, 0.5) is 5.69 Å². The SMILES string of the molecule is C=CCSc1ccccc1NC(=O)CCCO. The van der Waals surface area contributed by atoms with E-state index in [0.717, 1.165) is 16.3 Å². The third-order valence-electron chi connectivity index (χ3n) is 2.08. The van der Waals surface area contributed by atoms with E-state index in [0.29, 0.717) is 12.8 Å². The molecule has 0 saturated heterocycles. The molecule has 1 aromatic carbocycles. The highest BCUT2D eigenvalue weighted by atomic mass is 32.2. The number of nitrogens with one attached hydrogen (secondary N) is 1. The van der Waals surface area contributed by atoms with Gasteiger partial charge in [-0.25, -0.2) is 0 Å². The van der Waals surface area contributed by atoms with E-state index in [1.54, 1.807) is 11.8 Å². The Hall–Kier alpha value is -1.26. The summed E-state index contributed by atoms with van der Waals surface area (Å²) in [6, 6.07) is 7.67. The molecule has 3 nitrogen and oxygen atoms in total. The molecule has 2 N–H and O–H groups in total. The zero-order valence-electron chi connectivity index (χ0n) is 9.69. The van der Waals surface area contributed by atoms with Crippen molar-refractivity contribution in [2.24, 2.45) is 0 Å². The summed E-state index contributed by atoms with van der Waals surface area (Å²) < 4.78 is 0. The Bertz CT molecular complexity index is 379. The molecule has 0 heterocycles. The lowest BCUT2D eigenvalue weighted by atomic mass is 10.2. The number of anilines is 1. The fraction of sp³-hybridized carbons (Fsp3) is 0.308. The number of hydrogen-bond donors (Lipinski definition) is 2. The van der Waals surface area contributed by atoms with Gasteiger partial charge in [0.15, 0.2) is 0 Å². The van der Waals surface area contributed by atoms with Crippen molar-refractivity contribution >= 4 is 23.4 Å². The molecule has 92 valence electrons. The van der Waals surface area contributed by atoms with Gasteiger partial charge in [0, 0.05) is 23.7 Å². The van der Waals surface area contributed by atoms with Crippen LogP contribution in [0, 0.1) is 0 Å². The predicted octanol–water partition coefficient (Wildman–Crippen LogP) is 2.68. The van der Waals surface area contributed by atoms with Crippen LogP contribution in [0.1, 0.15) is 12.8 Å². The van der Waals surface area contributed by atoms with Gasteiger partial charge in [-0.05, 0) is 18.6 Å². The van der Waals surface area contributed by atoms with Crippen LogP contribution in [-0.4, -0.2) is 23.4 Å². The van der Waals surface area contributed by atoms with Crippen molar-refractivity contribution in [2.75, 3.05) is 17.7 Å². The van der Waals surface area contributed by atoms with Gasteiger partial charge in [-0.1, -0.05) is 18.2 Å². The van der Waals surface area contributed by atoms with Crippen LogP contribution in [0.2, 0.25) is 0 Å². The molecule has 0 spiro atoms. The van der Waals surface area contributed by atoms with E-state index in [-0.39, 0.29) is 12.5 Å². The minimum absolute atomic E-state index is 0.0419. The molecule has 1 amide bonds. The first-order valence-corrected chi connectivity index (χ1v) is 6.50. The number of aliphatic hydroxyl groups excluding tert-OH is 1. The molecule has 0 aliphatic carbocycles. The topological polar surface area (TPSA) is 49.3 Å². The monoisotopic (exact) mass is 251 g/mol. The fourth-order valence-electron chi connectivity index (χ4n) is 1.30. The van der Waals surface area contributed by atoms with Gasteiger partial charge in [-0.15, -0.1) is 18.3 Å². The molecule has 0 aromatic heterocycles. The van der Waals surface area contributed by atoms with Crippen LogP contribution in [0.15, 0.2) is 41.8 Å². The van der Waals surface area contributed by atoms with Crippen molar-refractivity contribution in [1.29, 1.82) is 0 Å². The van der Waals surface area contributed by atoms with E-state index in [1.807, 2.05) is 30.3 Å². The molecule has 0 unspecified atom stereocenters. The summed E-state index contributed by atoms with van der Waals surface area (Å²) in [4.78, 5) is 12.6. The Morgan fingerprint density at radius 2 is 2.24 bits per heavy atom. The number of rotatable bonds is 7. The highest BCUT2D eigenvalue weighted by molar-refractivity contribution is 7.99. The van der Waals surface area contributed by atoms with E-state index >= 15 is 0 Å². The summed E-state index contributed by atoms with van der Waals surface area (Å²) in [5.74, 6) is 0.745. The number of carbonyl (C=O) groups excluding carboxylic acids is 1. The summed E-state index contributed by atoms with van der Waals surface area (Å²) in [7, 11) is 0. The number of aliphatic hydroxyl groups is 1. The molecule has 0 aliphatic rings. The first kappa shape index (κ1) is 13.8. The smallest absolute Gasteiger partial charge is 0.224 e. The van der Waals surface area contributed by atoms with Crippen LogP contribution < -0.4 is 5.32 Å². The molecule has 1 aromatic rings. The third-order valence-corrected chi connectivity index (χ3v) is 3.15. The first-order chi connectivity index (χ1) is 8.27. The molecule has 17 heavy (non-hydrogen) atoms. The average Bonchev–Trinajstić information content (AvgIpc) is 2.35. The van der Waals surface area contributed by atoms with Crippen molar-refractivity contribution < 1.29 is 9.90 Å². The molecule has 0 bridgehead atoms. The van der Waals surface area contributed by atoms with E-state index in [1.165, 1.54) is 0 Å². The third kappa shape index (κ3) is 5.06. The second kappa shape index (κ2) is 7.92. The predicted molar refractivity (Wildman–Crippen MR) is 72.3 cm³/mol. The number of benzene rings is 1. The van der Waals surface area contributed by atoms with Crippen molar-refractivity contribution in [3.05, 3.63) is 36.9 Å². The second-order valence-corrected chi connectivity index (χ2v) is 4.53. The number of hydrogen-bond acceptors (Lipinski definition) is 3. The molecular formula is C13H17NO2S. The van der Waals surface area contributed by atoms with Crippen LogP contribution in [-0.2, 0) is 4.79 Å². The van der Waals surface area contributed by atoms with Gasteiger partial charge in [-0.3, -0.25) is 4.79 Å². The molecule has 0 aliphatic heterocycles. The van der Waals surface area contributed by atoms with Crippen LogP contribution in [0.25, 0.3) is 0 Å². The Balaban J connectivity index is 2.62. The molecule has 0 radical (unpaired) electrons. The summed E-state index contributed by atoms with van der Waals surface area (Å²) in [5.41, 5.74) is 0.822. The summed E-state index contributed by atoms with van der Waals surface area (Å²) in [5, 5.41) is 11.5. The van der Waals surface area contributed by atoms with Crippen LogP contribution in [0.3, 0.4) is 0 Å². The van der Waals surface area contributed by atoms with E-state index in [4.69, 9.17) is 5.11 Å². The lowest BCUT2D eigenvalue weighted by Crippen LogP contribution is -2.12. The van der Waals surface area contributed by atoms with Gasteiger partial charge in [0.05, 0.1) is 5.69 Å². The zero-order chi connectivity index (χ0) is 12.5. The number of amides is 1. The molecule has 4 heteroatoms. The lowest BCUT2D eigenvalue weighted by molar-refractivity contribution is -0.116. The molecule has 0 fully saturated rings. The van der Waals surface area contributed by atoms with Crippen molar-refractivity contribution in [3.63, 3.8) is 0 Å². The zero-order valence-corrected chi connectivity index (χ0v) is 10.5. The van der Waals surface area contributed by atoms with E-state index < -0.39 is 0 Å². The van der Waals surface area contributed by atoms with Gasteiger partial charge >= 0.3 is 0 Å². The fourth-order valence-corrected chi connectivity index (χ4v) is 2.04. The minimum atomic E-state index is -0.0642. The molecular weight excluding hydrogens is 234 g/mol. The van der Waals surface area contributed by atoms with Crippen LogP contribution >= 0.6 is 11.8 Å². The summed E-state index contributed by atoms with van der Waals surface area (Å²) >= 11 is 1.63. The van der Waals surface area contributed by atoms with Gasteiger partial charge in [0.25, 0.3) is 0 Å². The standard InChI is InChI=1S/C13H17NO2S/c1-2-10-17-12-7-4-3-6-11(12)14-13(16)8-5-9-15/h2-4,6-7,15H,1,5,8-10H2,(H,14,16). The van der Waals surface area contributed by atoms with Gasteiger partial charge in [-0.2, -0.15) is 0 Å². The number of para-hydroxylation sites is 1. The van der Waals surface area contributed by atoms with Crippen molar-refractivity contribution in [1.82, 2.24) is 0 Å². The minimum Gasteiger partial charge on any atom is -0.396 e. The summed E-state index contributed by atoms with van der Waals surface area (Å²) in [6.45, 7) is 3.71. The first-order valence-electron chi connectivity index (χ1n) is 5.51. The van der Waals surface area contributed by atoms with Crippen LogP contribution in [0.5, 0.6) is 0 Å². The highest BCUT2D eigenvalue weighted by Crippen LogP contribution is 2.26. The Morgan fingerprint density at radius 1 is 1.47 bits per heavy atom. The Morgan fingerprint density at radius 3 is 2.94 bits per heavy atom. The normalized spacial score (nSPS) is 9.94. The largest absolute Gasteiger partial charge is 0.396 e. The van der Waals surface area contributed by atoms with E-state index in [2.05, 4.69) is 11.9 Å². The van der Waals surface area contributed by atoms with Gasteiger partial charge in [0.2, 0.25) is 5.91 Å². The molecule has 0 saturated carbocycles. The van der Waals surface area contributed by atoms with Crippen molar-refractivity contribution in [2.45, 2.75) is 17.7 Å². The maximum absolute atomic E-state index is 11.5. The average molecular weight is 251 g/mol. The lowest BCUT2D eigenvalue weighted by Gasteiger charge is -2.09. The van der Waals surface area contributed by atoms with Gasteiger partial charge < -0.3 is 10.4 Å². The highest BCUT2D eigenvalue weighted by Gasteiger charge is 2.05. The maximum atomic E-state index is 11.5. The second-order valence-electron chi connectivity index (χ2n) is 3.47. The Labute approximate surface area is 106 Å². The molecule has 0 atom stereocenters. The number of carbonyl (C=O) groups is 1. The summed E-state index contributed by atoms with van der Waals surface area (Å²) in [6.07, 6.45) is 2.67.